The van der Waals surface area contributed by atoms with Gasteiger partial charge in [-0.05, 0) is 35.6 Å². The first-order valence-corrected chi connectivity index (χ1v) is 8.74. The first-order valence-electron chi connectivity index (χ1n) is 8.74. The van der Waals surface area contributed by atoms with Crippen LogP contribution in [0.4, 0.5) is 5.69 Å². The fourth-order valence-electron chi connectivity index (χ4n) is 2.90. The number of hydrogen-bond acceptors (Lipinski definition) is 3. The highest BCUT2D eigenvalue weighted by molar-refractivity contribution is 5.95. The smallest absolute Gasteiger partial charge is 0.265 e. The number of rotatable bonds is 7. The number of hydrogen-bond donors (Lipinski definition) is 1. The Labute approximate surface area is 153 Å². The summed E-state index contributed by atoms with van der Waals surface area (Å²) >= 11 is 0. The van der Waals surface area contributed by atoms with Gasteiger partial charge in [0.25, 0.3) is 5.91 Å². The average Bonchev–Trinajstić information content (AvgIpc) is 2.66. The lowest BCUT2D eigenvalue weighted by Gasteiger charge is -2.19. The Morgan fingerprint density at radius 1 is 1.04 bits per heavy atom. The molecular formula is C22H23NO3. The second kappa shape index (κ2) is 8.50. The second-order valence-electron chi connectivity index (χ2n) is 6.11. The molecule has 0 saturated carbocycles. The van der Waals surface area contributed by atoms with Gasteiger partial charge >= 0.3 is 0 Å². The van der Waals surface area contributed by atoms with Gasteiger partial charge in [0.1, 0.15) is 5.75 Å². The topological polar surface area (TPSA) is 47.6 Å². The summed E-state index contributed by atoms with van der Waals surface area (Å²) in [6.45, 7) is 2.45. The number of anilines is 1. The molecule has 1 N–H and O–H groups in total. The van der Waals surface area contributed by atoms with Crippen molar-refractivity contribution < 1.29 is 14.3 Å². The summed E-state index contributed by atoms with van der Waals surface area (Å²) in [6, 6.07) is 21.5. The molecular weight excluding hydrogens is 326 g/mol. The van der Waals surface area contributed by atoms with Crippen LogP contribution < -0.4 is 10.1 Å². The average molecular weight is 349 g/mol. The molecule has 0 fully saturated rings. The second-order valence-corrected chi connectivity index (χ2v) is 6.11. The summed E-state index contributed by atoms with van der Waals surface area (Å²) in [5, 5.41) is 5.03. The standard InChI is InChI=1S/C22H23NO3/c1-3-20(22(24)23-18-11-6-8-16(14-18)15-25-2)26-21-13-7-10-17-9-4-5-12-19(17)21/h4-14,20H,3,15H2,1-2H3,(H,23,24)/t20-/m1/s1. The summed E-state index contributed by atoms with van der Waals surface area (Å²) < 4.78 is 11.2. The molecule has 0 unspecified atom stereocenters. The molecule has 0 heterocycles. The number of benzene rings is 3. The molecule has 0 aromatic heterocycles. The van der Waals surface area contributed by atoms with Crippen molar-refractivity contribution in [2.75, 3.05) is 12.4 Å². The Kier molecular flexibility index (Phi) is 5.87. The van der Waals surface area contributed by atoms with Crippen LogP contribution in [0.25, 0.3) is 10.8 Å². The van der Waals surface area contributed by atoms with Crippen LogP contribution in [0, 0.1) is 0 Å². The van der Waals surface area contributed by atoms with Crippen molar-refractivity contribution in [3.63, 3.8) is 0 Å². The van der Waals surface area contributed by atoms with Crippen LogP contribution in [0.3, 0.4) is 0 Å². The van der Waals surface area contributed by atoms with Gasteiger partial charge < -0.3 is 14.8 Å². The van der Waals surface area contributed by atoms with E-state index in [2.05, 4.69) is 5.32 Å². The summed E-state index contributed by atoms with van der Waals surface area (Å²) in [7, 11) is 1.65. The first kappa shape index (κ1) is 18.0. The molecule has 0 saturated heterocycles. The SMILES string of the molecule is CC[C@@H](Oc1cccc2ccccc12)C(=O)Nc1cccc(COC)c1. The van der Waals surface area contributed by atoms with Crippen LogP contribution in [-0.2, 0) is 16.1 Å². The molecule has 1 amide bonds. The van der Waals surface area contributed by atoms with Crippen molar-refractivity contribution in [2.45, 2.75) is 26.1 Å². The highest BCUT2D eigenvalue weighted by atomic mass is 16.5. The lowest BCUT2D eigenvalue weighted by atomic mass is 10.1. The quantitative estimate of drug-likeness (QED) is 0.667. The van der Waals surface area contributed by atoms with Crippen LogP contribution in [0.2, 0.25) is 0 Å². The number of nitrogens with one attached hydrogen (secondary N) is 1. The minimum atomic E-state index is -0.563. The van der Waals surface area contributed by atoms with Crippen molar-refractivity contribution in [3.05, 3.63) is 72.3 Å². The van der Waals surface area contributed by atoms with Crippen LogP contribution in [0.1, 0.15) is 18.9 Å². The molecule has 0 bridgehead atoms. The summed E-state index contributed by atoms with van der Waals surface area (Å²) in [6.07, 6.45) is 0.0131. The van der Waals surface area contributed by atoms with Crippen molar-refractivity contribution in [1.29, 1.82) is 0 Å². The van der Waals surface area contributed by atoms with E-state index in [0.29, 0.717) is 13.0 Å². The highest BCUT2D eigenvalue weighted by Gasteiger charge is 2.19. The molecule has 0 radical (unpaired) electrons. The molecule has 0 spiro atoms. The van der Waals surface area contributed by atoms with Gasteiger partial charge in [-0.15, -0.1) is 0 Å². The Morgan fingerprint density at radius 2 is 1.81 bits per heavy atom. The Morgan fingerprint density at radius 3 is 2.62 bits per heavy atom. The molecule has 26 heavy (non-hydrogen) atoms. The number of carbonyl (C=O) groups excluding carboxylic acids is 1. The van der Waals surface area contributed by atoms with Crippen LogP contribution in [-0.4, -0.2) is 19.1 Å². The zero-order valence-electron chi connectivity index (χ0n) is 15.1. The van der Waals surface area contributed by atoms with E-state index in [1.165, 1.54) is 0 Å². The molecule has 3 aromatic rings. The predicted molar refractivity (Wildman–Crippen MR) is 104 cm³/mol. The van der Waals surface area contributed by atoms with Crippen LogP contribution in [0.15, 0.2) is 66.7 Å². The Balaban J connectivity index is 1.76. The van der Waals surface area contributed by atoms with E-state index in [-0.39, 0.29) is 5.91 Å². The van der Waals surface area contributed by atoms with E-state index in [9.17, 15) is 4.79 Å². The summed E-state index contributed by atoms with van der Waals surface area (Å²) in [4.78, 5) is 12.7. The molecule has 4 heteroatoms. The Hall–Kier alpha value is -2.85. The maximum absolute atomic E-state index is 12.7. The number of fused-ring (bicyclic) bond motifs is 1. The van der Waals surface area contributed by atoms with E-state index in [4.69, 9.17) is 9.47 Å². The van der Waals surface area contributed by atoms with E-state index in [1.54, 1.807) is 7.11 Å². The first-order chi connectivity index (χ1) is 12.7. The number of ether oxygens (including phenoxy) is 2. The molecule has 0 aliphatic rings. The molecule has 3 aromatic carbocycles. The maximum Gasteiger partial charge on any atom is 0.265 e. The van der Waals surface area contributed by atoms with E-state index < -0.39 is 6.10 Å². The molecule has 0 aliphatic heterocycles. The van der Waals surface area contributed by atoms with Gasteiger partial charge in [-0.3, -0.25) is 4.79 Å². The van der Waals surface area contributed by atoms with E-state index in [0.717, 1.165) is 27.8 Å². The minimum absolute atomic E-state index is 0.157. The van der Waals surface area contributed by atoms with Gasteiger partial charge in [-0.25, -0.2) is 0 Å². The van der Waals surface area contributed by atoms with Crippen molar-refractivity contribution in [1.82, 2.24) is 0 Å². The normalized spacial score (nSPS) is 11.9. The van der Waals surface area contributed by atoms with E-state index >= 15 is 0 Å². The van der Waals surface area contributed by atoms with Gasteiger partial charge in [-0.1, -0.05) is 55.5 Å². The third-order valence-corrected chi connectivity index (χ3v) is 4.19. The fraction of sp³-hybridized carbons (Fsp3) is 0.227. The molecule has 3 rings (SSSR count). The van der Waals surface area contributed by atoms with Crippen LogP contribution >= 0.6 is 0 Å². The number of amides is 1. The van der Waals surface area contributed by atoms with Crippen LogP contribution in [0.5, 0.6) is 5.75 Å². The number of carbonyl (C=O) groups is 1. The largest absolute Gasteiger partial charge is 0.480 e. The van der Waals surface area contributed by atoms with Crippen molar-refractivity contribution >= 4 is 22.4 Å². The zero-order chi connectivity index (χ0) is 18.4. The van der Waals surface area contributed by atoms with Gasteiger partial charge in [-0.2, -0.15) is 0 Å². The van der Waals surface area contributed by atoms with Crippen molar-refractivity contribution in [3.8, 4) is 5.75 Å². The van der Waals surface area contributed by atoms with Gasteiger partial charge in [0.05, 0.1) is 6.61 Å². The lowest BCUT2D eigenvalue weighted by molar-refractivity contribution is -0.122. The maximum atomic E-state index is 12.7. The third kappa shape index (κ3) is 4.21. The minimum Gasteiger partial charge on any atom is -0.480 e. The lowest BCUT2D eigenvalue weighted by Crippen LogP contribution is -2.32. The van der Waals surface area contributed by atoms with E-state index in [1.807, 2.05) is 73.7 Å². The summed E-state index contributed by atoms with van der Waals surface area (Å²) in [5.74, 6) is 0.563. The molecule has 4 nitrogen and oxygen atoms in total. The molecule has 134 valence electrons. The molecule has 0 aliphatic carbocycles. The third-order valence-electron chi connectivity index (χ3n) is 4.19. The summed E-state index contributed by atoms with van der Waals surface area (Å²) in [5.41, 5.74) is 1.75. The predicted octanol–water partition coefficient (Wildman–Crippen LogP) is 4.78. The van der Waals surface area contributed by atoms with Crippen molar-refractivity contribution in [2.24, 2.45) is 0 Å². The van der Waals surface area contributed by atoms with Gasteiger partial charge in [0.15, 0.2) is 6.10 Å². The van der Waals surface area contributed by atoms with Gasteiger partial charge in [0.2, 0.25) is 0 Å². The highest BCUT2D eigenvalue weighted by Crippen LogP contribution is 2.26. The molecule has 1 atom stereocenters. The number of methoxy groups -OCH3 is 1. The van der Waals surface area contributed by atoms with Gasteiger partial charge in [0, 0.05) is 18.2 Å². The fourth-order valence-corrected chi connectivity index (χ4v) is 2.90. The zero-order valence-corrected chi connectivity index (χ0v) is 15.1. The monoisotopic (exact) mass is 349 g/mol. The Bertz CT molecular complexity index is 886.